The Balaban J connectivity index is 1.49. The number of amides is 1. The number of rotatable bonds is 6. The summed E-state index contributed by atoms with van der Waals surface area (Å²) in [6, 6.07) is 16.7. The summed E-state index contributed by atoms with van der Waals surface area (Å²) in [7, 11) is -3.73. The Kier molecular flexibility index (Phi) is 6.18. The van der Waals surface area contributed by atoms with Crippen molar-refractivity contribution in [3.63, 3.8) is 0 Å². The van der Waals surface area contributed by atoms with Crippen LogP contribution in [0.4, 0.5) is 5.69 Å². The summed E-state index contributed by atoms with van der Waals surface area (Å²) in [6.45, 7) is 1.96. The molecule has 2 N–H and O–H groups in total. The zero-order valence-electron chi connectivity index (χ0n) is 14.9. The van der Waals surface area contributed by atoms with Crippen molar-refractivity contribution >= 4 is 38.5 Å². The van der Waals surface area contributed by atoms with Crippen LogP contribution in [0.15, 0.2) is 63.9 Å². The normalized spacial score (nSPS) is 15.8. The summed E-state index contributed by atoms with van der Waals surface area (Å²) >= 11 is 1.08. The van der Waals surface area contributed by atoms with Crippen LogP contribution < -0.4 is 10.6 Å². The predicted molar refractivity (Wildman–Crippen MR) is 110 cm³/mol. The van der Waals surface area contributed by atoms with Gasteiger partial charge in [0, 0.05) is 6.04 Å². The number of fused-ring (bicyclic) bond motifs is 1. The van der Waals surface area contributed by atoms with Gasteiger partial charge in [0.2, 0.25) is 5.91 Å². The van der Waals surface area contributed by atoms with Gasteiger partial charge in [-0.1, -0.05) is 54.2 Å². The summed E-state index contributed by atoms with van der Waals surface area (Å²) in [4.78, 5) is 12.3. The van der Waals surface area contributed by atoms with Crippen LogP contribution in [0.2, 0.25) is 0 Å². The Labute approximate surface area is 163 Å². The molecule has 3 rings (SSSR count). The van der Waals surface area contributed by atoms with E-state index in [1.807, 2.05) is 25.1 Å². The van der Waals surface area contributed by atoms with Gasteiger partial charge in [-0.2, -0.15) is 8.42 Å². The number of amidine groups is 1. The van der Waals surface area contributed by atoms with E-state index in [4.69, 9.17) is 0 Å². The molecule has 0 spiro atoms. The highest BCUT2D eigenvalue weighted by Crippen LogP contribution is 2.28. The van der Waals surface area contributed by atoms with Crippen molar-refractivity contribution in [3.8, 4) is 0 Å². The van der Waals surface area contributed by atoms with Crippen LogP contribution in [0.5, 0.6) is 0 Å². The van der Waals surface area contributed by atoms with Gasteiger partial charge >= 0.3 is 0 Å². The zero-order valence-corrected chi connectivity index (χ0v) is 16.5. The lowest BCUT2D eigenvalue weighted by Gasteiger charge is -2.18. The van der Waals surface area contributed by atoms with Crippen molar-refractivity contribution in [2.75, 3.05) is 11.1 Å². The lowest BCUT2D eigenvalue weighted by atomic mass is 10.1. The van der Waals surface area contributed by atoms with Gasteiger partial charge in [0.1, 0.15) is 4.90 Å². The minimum Gasteiger partial charge on any atom is -0.353 e. The highest BCUT2D eigenvalue weighted by molar-refractivity contribution is 8.15. The van der Waals surface area contributed by atoms with E-state index >= 15 is 0 Å². The Morgan fingerprint density at radius 1 is 1.15 bits per heavy atom. The maximum absolute atomic E-state index is 12.2. The summed E-state index contributed by atoms with van der Waals surface area (Å²) in [5.74, 6) is -0.0551. The van der Waals surface area contributed by atoms with Crippen molar-refractivity contribution in [2.45, 2.75) is 30.7 Å². The van der Waals surface area contributed by atoms with E-state index < -0.39 is 10.0 Å². The monoisotopic (exact) mass is 403 g/mol. The number of sulfonamides is 1. The number of hydrogen-bond donors (Lipinski definition) is 2. The van der Waals surface area contributed by atoms with E-state index in [9.17, 15) is 13.2 Å². The molecule has 1 aliphatic heterocycles. The molecule has 27 heavy (non-hydrogen) atoms. The number of nitrogens with zero attached hydrogens (tertiary/aromatic N) is 1. The van der Waals surface area contributed by atoms with Gasteiger partial charge in [0.15, 0.2) is 5.17 Å². The van der Waals surface area contributed by atoms with Gasteiger partial charge in [-0.3, -0.25) is 4.79 Å². The van der Waals surface area contributed by atoms with Crippen molar-refractivity contribution in [1.82, 2.24) is 5.32 Å². The van der Waals surface area contributed by atoms with Crippen LogP contribution in [0.1, 0.15) is 18.9 Å². The second kappa shape index (κ2) is 8.58. The van der Waals surface area contributed by atoms with Gasteiger partial charge in [-0.25, -0.2) is 0 Å². The Hall–Kier alpha value is -2.32. The Morgan fingerprint density at radius 2 is 1.85 bits per heavy atom. The van der Waals surface area contributed by atoms with Gasteiger partial charge in [0.25, 0.3) is 10.0 Å². The van der Waals surface area contributed by atoms with Gasteiger partial charge in [0.05, 0.1) is 11.4 Å². The quantitative estimate of drug-likeness (QED) is 0.774. The van der Waals surface area contributed by atoms with E-state index in [1.54, 1.807) is 18.2 Å². The lowest BCUT2D eigenvalue weighted by Crippen LogP contribution is -2.34. The Morgan fingerprint density at radius 3 is 2.63 bits per heavy atom. The number of thioether (sulfide) groups is 1. The standard InChI is InChI=1S/C19H21N3O3S2/c1-14(11-12-15-7-3-2-4-8-15)20-18(23)13-26-19-21-16-9-5-6-10-17(16)27(24,25)22-19/h2-10,14H,11-13H2,1H3,(H,20,23)(H,21,22)/t14-/m0/s1. The molecule has 0 aromatic heterocycles. The smallest absolute Gasteiger partial charge is 0.286 e. The molecule has 0 radical (unpaired) electrons. The topological polar surface area (TPSA) is 87.6 Å². The highest BCUT2D eigenvalue weighted by atomic mass is 32.2. The fraction of sp³-hybridized carbons (Fsp3) is 0.263. The van der Waals surface area contributed by atoms with Crippen LogP contribution in [0, 0.1) is 0 Å². The molecule has 0 saturated heterocycles. The molecule has 1 atom stereocenters. The van der Waals surface area contributed by atoms with Crippen LogP contribution in [-0.4, -0.2) is 31.3 Å². The maximum atomic E-state index is 12.2. The third kappa shape index (κ3) is 5.33. The van der Waals surface area contributed by atoms with Crippen molar-refractivity contribution in [3.05, 3.63) is 60.2 Å². The number of anilines is 1. The predicted octanol–water partition coefficient (Wildman–Crippen LogP) is 3.03. The molecule has 1 aliphatic rings. The van der Waals surface area contributed by atoms with Crippen molar-refractivity contribution in [1.29, 1.82) is 0 Å². The molecule has 0 bridgehead atoms. The van der Waals surface area contributed by atoms with Crippen LogP contribution >= 0.6 is 11.8 Å². The first-order valence-electron chi connectivity index (χ1n) is 8.61. The van der Waals surface area contributed by atoms with Crippen LogP contribution in [-0.2, 0) is 21.2 Å². The zero-order chi connectivity index (χ0) is 19.3. The number of para-hydroxylation sites is 1. The molecule has 1 amide bonds. The number of carbonyl (C=O) groups is 1. The molecular formula is C19H21N3O3S2. The minimum absolute atomic E-state index is 0.0315. The highest BCUT2D eigenvalue weighted by Gasteiger charge is 2.24. The first-order chi connectivity index (χ1) is 12.9. The van der Waals surface area contributed by atoms with E-state index in [2.05, 4.69) is 27.2 Å². The summed E-state index contributed by atoms with van der Waals surface area (Å²) in [6.07, 6.45) is 1.72. The number of hydrogen-bond acceptors (Lipinski definition) is 5. The van der Waals surface area contributed by atoms with E-state index in [0.29, 0.717) is 5.69 Å². The van der Waals surface area contributed by atoms with Gasteiger partial charge < -0.3 is 10.6 Å². The third-order valence-electron chi connectivity index (χ3n) is 4.07. The molecule has 142 valence electrons. The molecule has 6 nitrogen and oxygen atoms in total. The number of aryl methyl sites for hydroxylation is 1. The second-order valence-electron chi connectivity index (χ2n) is 6.27. The van der Waals surface area contributed by atoms with Gasteiger partial charge in [-0.05, 0) is 37.5 Å². The summed E-state index contributed by atoms with van der Waals surface area (Å²) in [5, 5.41) is 6.11. The average Bonchev–Trinajstić information content (AvgIpc) is 2.65. The largest absolute Gasteiger partial charge is 0.353 e. The second-order valence-corrected chi connectivity index (χ2v) is 8.81. The van der Waals surface area contributed by atoms with Crippen LogP contribution in [0.3, 0.4) is 0 Å². The molecule has 1 heterocycles. The molecule has 2 aromatic rings. The fourth-order valence-electron chi connectivity index (χ4n) is 2.70. The van der Waals surface area contributed by atoms with Crippen LogP contribution in [0.25, 0.3) is 0 Å². The average molecular weight is 404 g/mol. The van der Waals surface area contributed by atoms with Crippen molar-refractivity contribution in [2.24, 2.45) is 4.40 Å². The number of carbonyl (C=O) groups excluding carboxylic acids is 1. The molecule has 0 unspecified atom stereocenters. The maximum Gasteiger partial charge on any atom is 0.286 e. The summed E-state index contributed by atoms with van der Waals surface area (Å²) in [5.41, 5.74) is 1.71. The number of nitrogens with one attached hydrogen (secondary N) is 2. The lowest BCUT2D eigenvalue weighted by molar-refractivity contribution is -0.119. The van der Waals surface area contributed by atoms with Gasteiger partial charge in [-0.15, -0.1) is 4.40 Å². The SMILES string of the molecule is C[C@@H](CCc1ccccc1)NC(=O)CSC1=NS(=O)(=O)c2ccccc2N1. The third-order valence-corrected chi connectivity index (χ3v) is 6.39. The first-order valence-corrected chi connectivity index (χ1v) is 11.0. The molecule has 0 fully saturated rings. The Bertz CT molecular complexity index is 944. The fourth-order valence-corrected chi connectivity index (χ4v) is 4.75. The van der Waals surface area contributed by atoms with Crippen molar-refractivity contribution < 1.29 is 13.2 Å². The molecular weight excluding hydrogens is 382 g/mol. The summed E-state index contributed by atoms with van der Waals surface area (Å²) < 4.78 is 28.1. The van der Waals surface area contributed by atoms with E-state index in [-0.39, 0.29) is 27.8 Å². The molecule has 0 aliphatic carbocycles. The van der Waals surface area contributed by atoms with E-state index in [0.717, 1.165) is 24.6 Å². The molecule has 2 aromatic carbocycles. The van der Waals surface area contributed by atoms with E-state index in [1.165, 1.54) is 11.6 Å². The molecule has 0 saturated carbocycles. The minimum atomic E-state index is -3.73. The molecule has 8 heteroatoms. The first kappa shape index (κ1) is 19.4. The number of benzene rings is 2.